The Bertz CT molecular complexity index is 1580. The van der Waals surface area contributed by atoms with E-state index in [4.69, 9.17) is 21.4 Å². The zero-order valence-corrected chi connectivity index (χ0v) is 21.0. The fourth-order valence-corrected chi connectivity index (χ4v) is 5.15. The molecule has 0 radical (unpaired) electrons. The van der Waals surface area contributed by atoms with Crippen molar-refractivity contribution < 1.29 is 24.2 Å². The third-order valence-corrected chi connectivity index (χ3v) is 7.11. The maximum atomic E-state index is 13.1. The monoisotopic (exact) mass is 529 g/mol. The number of benzene rings is 4. The van der Waals surface area contributed by atoms with Crippen LogP contribution in [0.3, 0.4) is 0 Å². The summed E-state index contributed by atoms with van der Waals surface area (Å²) in [5.41, 5.74) is 2.43. The van der Waals surface area contributed by atoms with Crippen LogP contribution in [0.4, 0.5) is 4.79 Å². The lowest BCUT2D eigenvalue weighted by atomic mass is 10.0. The summed E-state index contributed by atoms with van der Waals surface area (Å²) in [6, 6.07) is 25.2. The highest BCUT2D eigenvalue weighted by molar-refractivity contribution is 8.18. The Morgan fingerprint density at radius 1 is 0.973 bits per heavy atom. The number of thioether (sulfide) groups is 1. The Morgan fingerprint density at radius 2 is 1.76 bits per heavy atom. The molecule has 4 aromatic carbocycles. The van der Waals surface area contributed by atoms with Gasteiger partial charge in [-0.3, -0.25) is 14.5 Å². The fourth-order valence-electron chi connectivity index (χ4n) is 4.07. The molecule has 1 heterocycles. The Balaban J connectivity index is 1.29. The standard InChI is InChI=1S/C29H20ClNO5S/c30-24-14-18(11-12-25(24)36-17-19-5-3-8-21(13-19)28(33)34)15-26-27(32)31(29(35)37-26)16-22-9-4-7-20-6-1-2-10-23(20)22/h1-15H,16-17H2,(H,33,34)/b26-15+. The van der Waals surface area contributed by atoms with E-state index in [1.807, 2.05) is 42.5 Å². The van der Waals surface area contributed by atoms with E-state index < -0.39 is 5.97 Å². The third-order valence-electron chi connectivity index (χ3n) is 5.90. The lowest BCUT2D eigenvalue weighted by Gasteiger charge is -2.14. The minimum absolute atomic E-state index is 0.146. The average molecular weight is 530 g/mol. The first-order valence-electron chi connectivity index (χ1n) is 11.4. The van der Waals surface area contributed by atoms with Crippen LogP contribution in [0.5, 0.6) is 5.75 Å². The van der Waals surface area contributed by atoms with Gasteiger partial charge in [-0.15, -0.1) is 0 Å². The van der Waals surface area contributed by atoms with E-state index in [0.717, 1.165) is 28.1 Å². The Hall–Kier alpha value is -4.07. The molecule has 1 fully saturated rings. The maximum Gasteiger partial charge on any atom is 0.335 e. The second kappa shape index (κ2) is 10.5. The highest BCUT2D eigenvalue weighted by Gasteiger charge is 2.35. The van der Waals surface area contributed by atoms with Gasteiger partial charge in [-0.05, 0) is 69.6 Å². The number of amides is 2. The van der Waals surface area contributed by atoms with Gasteiger partial charge in [0, 0.05) is 0 Å². The van der Waals surface area contributed by atoms with E-state index in [0.29, 0.717) is 26.8 Å². The summed E-state index contributed by atoms with van der Waals surface area (Å²) in [6.45, 7) is 0.340. The molecule has 2 amide bonds. The first-order chi connectivity index (χ1) is 17.9. The molecule has 1 saturated heterocycles. The normalized spacial score (nSPS) is 14.5. The predicted molar refractivity (Wildman–Crippen MR) is 145 cm³/mol. The number of nitrogens with zero attached hydrogens (tertiary/aromatic N) is 1. The number of carbonyl (C=O) groups excluding carboxylic acids is 2. The van der Waals surface area contributed by atoms with Gasteiger partial charge in [-0.25, -0.2) is 4.79 Å². The number of halogens is 1. The fraction of sp³-hybridized carbons (Fsp3) is 0.0690. The van der Waals surface area contributed by atoms with Crippen molar-refractivity contribution in [2.75, 3.05) is 0 Å². The molecule has 0 atom stereocenters. The molecule has 0 unspecified atom stereocenters. The van der Waals surface area contributed by atoms with Crippen molar-refractivity contribution in [1.82, 2.24) is 4.90 Å². The maximum absolute atomic E-state index is 13.1. The molecule has 8 heteroatoms. The predicted octanol–water partition coefficient (Wildman–Crippen LogP) is 7.01. The number of aromatic carboxylic acids is 1. The van der Waals surface area contributed by atoms with Gasteiger partial charge in [0.05, 0.1) is 22.0 Å². The molecule has 4 aromatic rings. The second-order valence-electron chi connectivity index (χ2n) is 8.39. The molecule has 0 bridgehead atoms. The van der Waals surface area contributed by atoms with E-state index in [-0.39, 0.29) is 29.9 Å². The Kier molecular flexibility index (Phi) is 6.99. The van der Waals surface area contributed by atoms with Crippen LogP contribution in [0.15, 0.2) is 89.8 Å². The SMILES string of the molecule is O=C(O)c1cccc(COc2ccc(/C=C3/SC(=O)N(Cc4cccc5ccccc45)C3=O)cc2Cl)c1. The number of fused-ring (bicyclic) bond motifs is 1. The van der Waals surface area contributed by atoms with Crippen molar-refractivity contribution in [1.29, 1.82) is 0 Å². The van der Waals surface area contributed by atoms with E-state index in [1.54, 1.807) is 42.5 Å². The topological polar surface area (TPSA) is 83.9 Å². The minimum atomic E-state index is -1.01. The summed E-state index contributed by atoms with van der Waals surface area (Å²) in [5.74, 6) is -0.938. The van der Waals surface area contributed by atoms with Gasteiger partial charge in [-0.2, -0.15) is 0 Å². The zero-order chi connectivity index (χ0) is 25.9. The molecular weight excluding hydrogens is 510 g/mol. The van der Waals surface area contributed by atoms with Gasteiger partial charge in [0.15, 0.2) is 0 Å². The van der Waals surface area contributed by atoms with Gasteiger partial charge >= 0.3 is 5.97 Å². The van der Waals surface area contributed by atoms with Crippen molar-refractivity contribution >= 4 is 57.3 Å². The number of hydrogen-bond donors (Lipinski definition) is 1. The summed E-state index contributed by atoms with van der Waals surface area (Å²) < 4.78 is 5.76. The number of carboxylic acids is 1. The van der Waals surface area contributed by atoms with E-state index in [2.05, 4.69) is 0 Å². The van der Waals surface area contributed by atoms with Crippen LogP contribution < -0.4 is 4.74 Å². The molecule has 5 rings (SSSR count). The van der Waals surface area contributed by atoms with Gasteiger partial charge in [-0.1, -0.05) is 72.3 Å². The summed E-state index contributed by atoms with van der Waals surface area (Å²) in [7, 11) is 0. The molecule has 1 N–H and O–H groups in total. The van der Waals surface area contributed by atoms with Crippen LogP contribution in [0.1, 0.15) is 27.0 Å². The van der Waals surface area contributed by atoms with E-state index in [9.17, 15) is 14.4 Å². The zero-order valence-electron chi connectivity index (χ0n) is 19.4. The lowest BCUT2D eigenvalue weighted by Crippen LogP contribution is -2.27. The second-order valence-corrected chi connectivity index (χ2v) is 9.79. The number of imide groups is 1. The van der Waals surface area contributed by atoms with E-state index in [1.165, 1.54) is 11.0 Å². The van der Waals surface area contributed by atoms with Gasteiger partial charge in [0.1, 0.15) is 12.4 Å². The molecule has 0 aliphatic carbocycles. The van der Waals surface area contributed by atoms with Gasteiger partial charge in [0.2, 0.25) is 0 Å². The van der Waals surface area contributed by atoms with Crippen LogP contribution >= 0.6 is 23.4 Å². The van der Waals surface area contributed by atoms with Crippen LogP contribution in [0.2, 0.25) is 5.02 Å². The first kappa shape index (κ1) is 24.6. The largest absolute Gasteiger partial charge is 0.487 e. The molecule has 0 spiro atoms. The summed E-state index contributed by atoms with van der Waals surface area (Å²) in [4.78, 5) is 38.5. The average Bonchev–Trinajstić information content (AvgIpc) is 3.16. The van der Waals surface area contributed by atoms with Crippen LogP contribution in [-0.4, -0.2) is 27.1 Å². The highest BCUT2D eigenvalue weighted by Crippen LogP contribution is 2.35. The summed E-state index contributed by atoms with van der Waals surface area (Å²) in [6.07, 6.45) is 1.64. The number of ether oxygens (including phenoxy) is 1. The number of rotatable bonds is 7. The van der Waals surface area contributed by atoms with Crippen molar-refractivity contribution in [3.05, 3.63) is 117 Å². The number of carbonyl (C=O) groups is 3. The van der Waals surface area contributed by atoms with Crippen molar-refractivity contribution in [2.24, 2.45) is 0 Å². The molecule has 6 nitrogen and oxygen atoms in total. The molecule has 0 aromatic heterocycles. The molecular formula is C29H20ClNO5S. The smallest absolute Gasteiger partial charge is 0.335 e. The molecule has 1 aliphatic rings. The number of hydrogen-bond acceptors (Lipinski definition) is 5. The molecule has 37 heavy (non-hydrogen) atoms. The Labute approximate surface area is 222 Å². The van der Waals surface area contributed by atoms with Crippen molar-refractivity contribution in [3.8, 4) is 5.75 Å². The summed E-state index contributed by atoms with van der Waals surface area (Å²) >= 11 is 7.30. The highest BCUT2D eigenvalue weighted by atomic mass is 35.5. The molecule has 0 saturated carbocycles. The van der Waals surface area contributed by atoms with Gasteiger partial charge < -0.3 is 9.84 Å². The van der Waals surface area contributed by atoms with Crippen LogP contribution in [0.25, 0.3) is 16.8 Å². The lowest BCUT2D eigenvalue weighted by molar-refractivity contribution is -0.123. The van der Waals surface area contributed by atoms with Crippen molar-refractivity contribution in [2.45, 2.75) is 13.2 Å². The minimum Gasteiger partial charge on any atom is -0.487 e. The van der Waals surface area contributed by atoms with E-state index >= 15 is 0 Å². The van der Waals surface area contributed by atoms with Crippen LogP contribution in [-0.2, 0) is 17.9 Å². The third kappa shape index (κ3) is 5.38. The first-order valence-corrected chi connectivity index (χ1v) is 12.5. The van der Waals surface area contributed by atoms with Crippen molar-refractivity contribution in [3.63, 3.8) is 0 Å². The molecule has 184 valence electrons. The quantitative estimate of drug-likeness (QED) is 0.259. The number of carboxylic acid groups (broad SMARTS) is 1. The van der Waals surface area contributed by atoms with Crippen LogP contribution in [0, 0.1) is 0 Å². The van der Waals surface area contributed by atoms with Gasteiger partial charge in [0.25, 0.3) is 11.1 Å². The Morgan fingerprint density at radius 3 is 2.57 bits per heavy atom. The molecule has 1 aliphatic heterocycles. The summed E-state index contributed by atoms with van der Waals surface area (Å²) in [5, 5.41) is 11.2.